The number of piperidine rings is 1. The number of nitrogens with zero attached hydrogens (tertiary/aromatic N) is 1. The predicted molar refractivity (Wildman–Crippen MR) is 104 cm³/mol. The van der Waals surface area contributed by atoms with Crippen LogP contribution >= 0.6 is 0 Å². The highest BCUT2D eigenvalue weighted by Crippen LogP contribution is 2.32. The summed E-state index contributed by atoms with van der Waals surface area (Å²) in [6.07, 6.45) is 6.79. The summed E-state index contributed by atoms with van der Waals surface area (Å²) in [6, 6.07) is 9.05. The first kappa shape index (κ1) is 18.4. The number of carbonyl (C=O) groups is 1. The topological polar surface area (TPSA) is 46.3 Å². The molecule has 0 aromatic heterocycles. The molecule has 2 N–H and O–H groups in total. The molecular formula is C22H34N2O. The molecule has 1 amide bonds. The number of hydrogen-bond acceptors (Lipinski definition) is 2. The van der Waals surface area contributed by atoms with Gasteiger partial charge in [0.2, 0.25) is 5.91 Å². The van der Waals surface area contributed by atoms with Gasteiger partial charge in [-0.1, -0.05) is 64.3 Å². The van der Waals surface area contributed by atoms with Gasteiger partial charge < -0.3 is 10.6 Å². The highest BCUT2D eigenvalue weighted by atomic mass is 16.2. The summed E-state index contributed by atoms with van der Waals surface area (Å²) < 4.78 is 0. The van der Waals surface area contributed by atoms with Gasteiger partial charge in [-0.25, -0.2) is 0 Å². The molecule has 2 unspecified atom stereocenters. The van der Waals surface area contributed by atoms with Gasteiger partial charge >= 0.3 is 0 Å². The quantitative estimate of drug-likeness (QED) is 0.875. The molecule has 3 nitrogen and oxygen atoms in total. The van der Waals surface area contributed by atoms with Crippen molar-refractivity contribution in [2.75, 3.05) is 13.1 Å². The maximum absolute atomic E-state index is 12.9. The maximum atomic E-state index is 12.9. The molecule has 1 aromatic rings. The Morgan fingerprint density at radius 3 is 2.28 bits per heavy atom. The number of benzene rings is 1. The SMILES string of the molecule is CC(C)(C)c1ccc(C2CC(N)CN(C(=O)C3CCCCC3)C2)cc1. The van der Waals surface area contributed by atoms with Crippen molar-refractivity contribution in [2.45, 2.75) is 76.7 Å². The second-order valence-electron chi connectivity index (χ2n) is 9.14. The summed E-state index contributed by atoms with van der Waals surface area (Å²) in [4.78, 5) is 15.0. The smallest absolute Gasteiger partial charge is 0.225 e. The lowest BCUT2D eigenvalue weighted by molar-refractivity contribution is -0.138. The maximum Gasteiger partial charge on any atom is 0.225 e. The molecule has 3 rings (SSSR count). The largest absolute Gasteiger partial charge is 0.340 e. The minimum Gasteiger partial charge on any atom is -0.340 e. The summed E-state index contributed by atoms with van der Waals surface area (Å²) in [5.41, 5.74) is 9.17. The standard InChI is InChI=1S/C22H34N2O/c1-22(2,3)19-11-9-16(10-12-19)18-13-20(23)15-24(14-18)21(25)17-7-5-4-6-8-17/h9-12,17-18,20H,4-8,13-15,23H2,1-3H3. The highest BCUT2D eigenvalue weighted by Gasteiger charge is 2.33. The molecule has 1 aromatic carbocycles. The molecule has 2 aliphatic rings. The van der Waals surface area contributed by atoms with Crippen molar-refractivity contribution in [3.05, 3.63) is 35.4 Å². The number of amides is 1. The molecule has 0 spiro atoms. The van der Waals surface area contributed by atoms with Crippen LogP contribution in [0.25, 0.3) is 0 Å². The fourth-order valence-electron chi connectivity index (χ4n) is 4.42. The van der Waals surface area contributed by atoms with E-state index in [4.69, 9.17) is 5.73 Å². The van der Waals surface area contributed by atoms with Crippen molar-refractivity contribution in [1.29, 1.82) is 0 Å². The van der Waals surface area contributed by atoms with E-state index in [0.717, 1.165) is 32.4 Å². The van der Waals surface area contributed by atoms with Crippen molar-refractivity contribution >= 4 is 5.91 Å². The molecule has 2 fully saturated rings. The van der Waals surface area contributed by atoms with Crippen LogP contribution in [0.2, 0.25) is 0 Å². The fourth-order valence-corrected chi connectivity index (χ4v) is 4.42. The zero-order chi connectivity index (χ0) is 18.0. The van der Waals surface area contributed by atoms with Crippen LogP contribution in [0, 0.1) is 5.92 Å². The van der Waals surface area contributed by atoms with E-state index in [-0.39, 0.29) is 17.4 Å². The molecule has 1 aliphatic carbocycles. The first-order valence-corrected chi connectivity index (χ1v) is 9.99. The van der Waals surface area contributed by atoms with Gasteiger partial charge in [-0.15, -0.1) is 0 Å². The van der Waals surface area contributed by atoms with Gasteiger partial charge in [-0.2, -0.15) is 0 Å². The lowest BCUT2D eigenvalue weighted by Crippen LogP contribution is -2.50. The molecule has 1 aliphatic heterocycles. The van der Waals surface area contributed by atoms with Crippen LogP contribution in [0.15, 0.2) is 24.3 Å². The van der Waals surface area contributed by atoms with Crippen molar-refractivity contribution in [1.82, 2.24) is 4.90 Å². The van der Waals surface area contributed by atoms with Gasteiger partial charge in [-0.05, 0) is 35.8 Å². The van der Waals surface area contributed by atoms with Crippen LogP contribution < -0.4 is 5.73 Å². The normalized spacial score (nSPS) is 25.8. The summed E-state index contributed by atoms with van der Waals surface area (Å²) in [5, 5.41) is 0. The van der Waals surface area contributed by atoms with Crippen molar-refractivity contribution < 1.29 is 4.79 Å². The van der Waals surface area contributed by atoms with Gasteiger partial charge in [-0.3, -0.25) is 4.79 Å². The zero-order valence-electron chi connectivity index (χ0n) is 16.1. The Balaban J connectivity index is 1.70. The summed E-state index contributed by atoms with van der Waals surface area (Å²) >= 11 is 0. The highest BCUT2D eigenvalue weighted by molar-refractivity contribution is 5.79. The number of rotatable bonds is 2. The van der Waals surface area contributed by atoms with E-state index in [1.54, 1.807) is 0 Å². The summed E-state index contributed by atoms with van der Waals surface area (Å²) in [5.74, 6) is 0.958. The Labute approximate surface area is 153 Å². The van der Waals surface area contributed by atoms with Gasteiger partial charge in [0.15, 0.2) is 0 Å². The van der Waals surface area contributed by atoms with E-state index in [0.29, 0.717) is 11.8 Å². The Hall–Kier alpha value is -1.35. The fraction of sp³-hybridized carbons (Fsp3) is 0.682. The zero-order valence-corrected chi connectivity index (χ0v) is 16.1. The van der Waals surface area contributed by atoms with Gasteiger partial charge in [0.1, 0.15) is 0 Å². The first-order chi connectivity index (χ1) is 11.8. The average Bonchev–Trinajstić information content (AvgIpc) is 2.60. The second kappa shape index (κ2) is 7.49. The van der Waals surface area contributed by atoms with Gasteiger partial charge in [0.25, 0.3) is 0 Å². The Bertz CT molecular complexity index is 581. The van der Waals surface area contributed by atoms with E-state index in [1.807, 2.05) is 0 Å². The third-order valence-corrected chi connectivity index (χ3v) is 6.00. The van der Waals surface area contributed by atoms with Gasteiger partial charge in [0.05, 0.1) is 0 Å². The van der Waals surface area contributed by atoms with Crippen molar-refractivity contribution in [2.24, 2.45) is 11.7 Å². The lowest BCUT2D eigenvalue weighted by Gasteiger charge is -2.39. The molecule has 1 heterocycles. The van der Waals surface area contributed by atoms with E-state index < -0.39 is 0 Å². The van der Waals surface area contributed by atoms with Crippen LogP contribution in [0.3, 0.4) is 0 Å². The van der Waals surface area contributed by atoms with Crippen molar-refractivity contribution in [3.8, 4) is 0 Å². The van der Waals surface area contributed by atoms with E-state index >= 15 is 0 Å². The summed E-state index contributed by atoms with van der Waals surface area (Å²) in [7, 11) is 0. The number of hydrogen-bond donors (Lipinski definition) is 1. The molecule has 1 saturated heterocycles. The van der Waals surface area contributed by atoms with Crippen LogP contribution in [0.1, 0.15) is 76.3 Å². The average molecular weight is 343 g/mol. The molecule has 138 valence electrons. The predicted octanol–water partition coefficient (Wildman–Crippen LogP) is 4.21. The third kappa shape index (κ3) is 4.44. The molecule has 0 bridgehead atoms. The van der Waals surface area contributed by atoms with Crippen LogP contribution in [-0.4, -0.2) is 29.9 Å². The van der Waals surface area contributed by atoms with E-state index in [1.165, 1.54) is 30.4 Å². The molecular weight excluding hydrogens is 308 g/mol. The first-order valence-electron chi connectivity index (χ1n) is 9.99. The Kier molecular flexibility index (Phi) is 5.52. The molecule has 25 heavy (non-hydrogen) atoms. The minimum absolute atomic E-state index is 0.0913. The van der Waals surface area contributed by atoms with Crippen LogP contribution in [0.5, 0.6) is 0 Å². The minimum atomic E-state index is 0.0913. The molecule has 0 radical (unpaired) electrons. The summed E-state index contributed by atoms with van der Waals surface area (Å²) in [6.45, 7) is 8.28. The molecule has 1 saturated carbocycles. The third-order valence-electron chi connectivity index (χ3n) is 6.00. The van der Waals surface area contributed by atoms with Crippen LogP contribution in [0.4, 0.5) is 0 Å². The monoisotopic (exact) mass is 342 g/mol. The van der Waals surface area contributed by atoms with E-state index in [9.17, 15) is 4.79 Å². The van der Waals surface area contributed by atoms with E-state index in [2.05, 4.69) is 49.9 Å². The van der Waals surface area contributed by atoms with Crippen molar-refractivity contribution in [3.63, 3.8) is 0 Å². The van der Waals surface area contributed by atoms with Crippen LogP contribution in [-0.2, 0) is 10.2 Å². The Morgan fingerprint density at radius 2 is 1.68 bits per heavy atom. The number of carbonyl (C=O) groups excluding carboxylic acids is 1. The number of nitrogens with two attached hydrogens (primary N) is 1. The molecule has 3 heteroatoms. The molecule has 2 atom stereocenters. The number of likely N-dealkylation sites (tertiary alicyclic amines) is 1. The Morgan fingerprint density at radius 1 is 1.04 bits per heavy atom. The van der Waals surface area contributed by atoms with Gasteiger partial charge in [0, 0.05) is 31.0 Å². The lowest BCUT2D eigenvalue weighted by atomic mass is 9.82. The second-order valence-corrected chi connectivity index (χ2v) is 9.14.